The van der Waals surface area contributed by atoms with E-state index in [0.717, 1.165) is 0 Å². The van der Waals surface area contributed by atoms with Crippen LogP contribution in [0, 0.1) is 0 Å². The van der Waals surface area contributed by atoms with Crippen LogP contribution in [0.15, 0.2) is 19.8 Å². The summed E-state index contributed by atoms with van der Waals surface area (Å²) in [6.45, 7) is 0. The van der Waals surface area contributed by atoms with Crippen molar-refractivity contribution in [1.82, 2.24) is 8.53 Å². The Kier molecular flexibility index (Phi) is 6.07. The quantitative estimate of drug-likeness (QED) is 0.662. The van der Waals surface area contributed by atoms with Gasteiger partial charge in [-0.3, -0.25) is 0 Å². The number of rotatable bonds is 5. The normalized spacial score (nSPS) is 17.1. The van der Waals surface area contributed by atoms with Crippen LogP contribution in [0.5, 0.6) is 0 Å². The second-order valence-corrected chi connectivity index (χ2v) is 23.4. The number of hydrogen-bond acceptors (Lipinski definition) is 3. The molecule has 0 atom stereocenters. The van der Waals surface area contributed by atoms with Gasteiger partial charge in [0.05, 0.1) is 0 Å². The molecule has 104 valence electrons. The molecule has 0 unspecified atom stereocenters. The number of allylic oxidation sites excluding steroid dienone is 4. The summed E-state index contributed by atoms with van der Waals surface area (Å²) in [6, 6.07) is 0. The van der Waals surface area contributed by atoms with Gasteiger partial charge in [-0.05, 0) is 0 Å². The molecule has 0 aromatic rings. The van der Waals surface area contributed by atoms with E-state index in [9.17, 15) is 0 Å². The summed E-state index contributed by atoms with van der Waals surface area (Å²) in [6.07, 6.45) is 6.00. The summed E-state index contributed by atoms with van der Waals surface area (Å²) in [5.74, 6) is 4.99. The van der Waals surface area contributed by atoms with E-state index in [0.29, 0.717) is 0 Å². The van der Waals surface area contributed by atoms with Crippen LogP contribution in [0.4, 0.5) is 0 Å². The fourth-order valence-corrected chi connectivity index (χ4v) is 24.3. The van der Waals surface area contributed by atoms with Crippen molar-refractivity contribution in [2.24, 2.45) is 0 Å². The Labute approximate surface area is 123 Å². The van der Waals surface area contributed by atoms with Crippen LogP contribution in [-0.2, 0) is 21.1 Å². The van der Waals surface area contributed by atoms with Gasteiger partial charge in [-0.1, -0.05) is 0 Å². The molecular weight excluding hydrogens is 362 g/mol. The third-order valence-corrected chi connectivity index (χ3v) is 21.5. The van der Waals surface area contributed by atoms with Gasteiger partial charge in [-0.15, -0.1) is 0 Å². The van der Waals surface area contributed by atoms with Gasteiger partial charge in [0.25, 0.3) is 0 Å². The fourth-order valence-electron chi connectivity index (χ4n) is 3.40. The fraction of sp³-hybridized carbons (Fsp3) is 0.692. The van der Waals surface area contributed by atoms with Crippen LogP contribution >= 0.6 is 0 Å². The zero-order valence-electron chi connectivity index (χ0n) is 13.3. The van der Waals surface area contributed by atoms with E-state index in [-0.39, 0.29) is 0 Å². The molecule has 0 saturated carbocycles. The van der Waals surface area contributed by atoms with Gasteiger partial charge in [-0.25, -0.2) is 0 Å². The average Bonchev–Trinajstić information content (AvgIpc) is 2.65. The van der Waals surface area contributed by atoms with E-state index in [1.54, 1.807) is 7.69 Å². The van der Waals surface area contributed by atoms with Gasteiger partial charge in [0.15, 0.2) is 0 Å². The first-order valence-electron chi connectivity index (χ1n) is 6.68. The second kappa shape index (κ2) is 6.49. The topological polar surface area (TPSA) is 9.72 Å². The first-order chi connectivity index (χ1) is 8.26. The minimum atomic E-state index is -2.75. The summed E-state index contributed by atoms with van der Waals surface area (Å²) < 4.78 is 11.2. The van der Waals surface area contributed by atoms with Gasteiger partial charge in [0.1, 0.15) is 0 Å². The van der Waals surface area contributed by atoms with Crippen LogP contribution in [0.25, 0.3) is 0 Å². The molecule has 5 heteroatoms. The molecule has 0 radical (unpaired) electrons. The van der Waals surface area contributed by atoms with Crippen molar-refractivity contribution in [3.05, 3.63) is 19.8 Å². The average molecular weight is 391 g/mol. The van der Waals surface area contributed by atoms with Gasteiger partial charge < -0.3 is 0 Å². The molecule has 3 nitrogen and oxygen atoms in total. The molecule has 0 aliphatic heterocycles. The van der Waals surface area contributed by atoms with Crippen LogP contribution in [-0.4, -0.2) is 65.2 Å². The Morgan fingerprint density at radius 1 is 0.944 bits per heavy atom. The van der Waals surface area contributed by atoms with Crippen LogP contribution in [0.2, 0.25) is 11.5 Å². The summed E-state index contributed by atoms with van der Waals surface area (Å²) in [5.41, 5.74) is 0. The molecule has 0 bridgehead atoms. The van der Waals surface area contributed by atoms with Gasteiger partial charge in [-0.2, -0.15) is 0 Å². The summed E-state index contributed by atoms with van der Waals surface area (Å²) in [5, 5.41) is 0. The predicted molar refractivity (Wildman–Crippen MR) is 80.7 cm³/mol. The third kappa shape index (κ3) is 2.78. The molecule has 0 heterocycles. The van der Waals surface area contributed by atoms with Crippen LogP contribution in [0.1, 0.15) is 6.42 Å². The van der Waals surface area contributed by atoms with E-state index in [1.165, 1.54) is 6.42 Å². The summed E-state index contributed by atoms with van der Waals surface area (Å²) in [4.78, 5) is 0. The molecule has 1 aliphatic rings. The Morgan fingerprint density at radius 2 is 1.39 bits per heavy atom. The Balaban J connectivity index is 3.41. The summed E-state index contributed by atoms with van der Waals surface area (Å²) in [7, 11) is 13.6. The second-order valence-electron chi connectivity index (χ2n) is 6.01. The minimum absolute atomic E-state index is 1.18. The first-order valence-corrected chi connectivity index (χ1v) is 17.3. The zero-order chi connectivity index (χ0) is 14.1. The van der Waals surface area contributed by atoms with Crippen molar-refractivity contribution < 1.29 is 21.1 Å². The number of hydrogen-bond donors (Lipinski definition) is 0. The standard InChI is InChI=1S/C7H11Ge.3C2H6N.Zr/c1-8(2)7-5-3-4-6-7;3*1-3-2;/h3,5,8H,4H2,1-2H3;3*1-2H3;/q;3*-1;+3. The van der Waals surface area contributed by atoms with Crippen molar-refractivity contribution in [3.8, 4) is 0 Å². The van der Waals surface area contributed by atoms with Gasteiger partial charge in [0, 0.05) is 0 Å². The van der Waals surface area contributed by atoms with E-state index < -0.39 is 35.5 Å². The van der Waals surface area contributed by atoms with E-state index in [1.807, 2.05) is 0 Å². The Bertz CT molecular complexity index is 337. The molecule has 0 spiro atoms. The monoisotopic (exact) mass is 391 g/mol. The molecule has 0 aromatic carbocycles. The Hall–Kier alpha value is 0.786. The van der Waals surface area contributed by atoms with Crippen molar-refractivity contribution >= 4 is 14.3 Å². The maximum absolute atomic E-state index is 2.75. The number of nitrogens with zero attached hydrogens (tertiary/aromatic N) is 3. The van der Waals surface area contributed by atoms with Crippen LogP contribution in [0.3, 0.4) is 0 Å². The SMILES string of the molecule is C[N](C)[Zr]([C]1=[C]([GeH]([CH3])[CH3])C=CC1)([N](C)C)[N](C)C. The van der Waals surface area contributed by atoms with Crippen molar-refractivity contribution in [1.29, 1.82) is 0 Å². The Morgan fingerprint density at radius 3 is 1.72 bits per heavy atom. The third-order valence-electron chi connectivity index (χ3n) is 3.87. The van der Waals surface area contributed by atoms with Gasteiger partial charge >= 0.3 is 124 Å². The van der Waals surface area contributed by atoms with Crippen LogP contribution < -0.4 is 0 Å². The molecule has 0 N–H and O–H groups in total. The molecular formula is C13H29GeN3Zr. The zero-order valence-corrected chi connectivity index (χ0v) is 18.2. The van der Waals surface area contributed by atoms with E-state index in [2.05, 4.69) is 74.5 Å². The van der Waals surface area contributed by atoms with Crippen molar-refractivity contribution in [3.63, 3.8) is 0 Å². The van der Waals surface area contributed by atoms with E-state index >= 15 is 0 Å². The first kappa shape index (κ1) is 16.8. The molecule has 0 aromatic heterocycles. The molecule has 1 aliphatic carbocycles. The molecule has 0 saturated heterocycles. The van der Waals surface area contributed by atoms with E-state index in [4.69, 9.17) is 0 Å². The van der Waals surface area contributed by atoms with Crippen molar-refractivity contribution in [2.45, 2.75) is 17.9 Å². The summed E-state index contributed by atoms with van der Waals surface area (Å²) >= 11 is -3.97. The van der Waals surface area contributed by atoms with Crippen molar-refractivity contribution in [2.75, 3.05) is 42.3 Å². The predicted octanol–water partition coefficient (Wildman–Crippen LogP) is 1.81. The molecule has 0 fully saturated rings. The maximum atomic E-state index is 2.54. The molecule has 1 rings (SSSR count). The molecule has 18 heavy (non-hydrogen) atoms. The molecule has 0 amide bonds. The van der Waals surface area contributed by atoms with Gasteiger partial charge in [0.2, 0.25) is 0 Å².